The second kappa shape index (κ2) is 11.7. The van der Waals surface area contributed by atoms with Crippen LogP contribution in [0.3, 0.4) is 0 Å². The zero-order valence-electron chi connectivity index (χ0n) is 21.1. The molecule has 1 amide bonds. The highest BCUT2D eigenvalue weighted by molar-refractivity contribution is 7.92. The molecule has 12 heteroatoms. The summed E-state index contributed by atoms with van der Waals surface area (Å²) in [5.41, 5.74) is 1.81. The Morgan fingerprint density at radius 3 is 2.26 bits per heavy atom. The zero-order chi connectivity index (χ0) is 28.2. The van der Waals surface area contributed by atoms with Gasteiger partial charge in [0.25, 0.3) is 15.9 Å². The molecule has 0 fully saturated rings. The second-order valence-corrected chi connectivity index (χ2v) is 10.8. The lowest BCUT2D eigenvalue weighted by Gasteiger charge is -2.30. The van der Waals surface area contributed by atoms with Crippen molar-refractivity contribution in [3.05, 3.63) is 82.4 Å². The Labute approximate surface area is 230 Å². The van der Waals surface area contributed by atoms with Gasteiger partial charge in [0.15, 0.2) is 6.61 Å². The standard InChI is InChI=1S/C27H25ClN2O8S/c1-36-26(32)18-12-19(27(33)37-2)14-20(13-18)29-25(31)16-38-24-10-9-21(15-22(24)28)39(34,35)30-11-5-7-17-6-3-4-8-23(17)30/h3-4,6,8-10,12-15H,5,7,11,16H2,1-2H3,(H,29,31). The number of rotatable bonds is 8. The predicted molar refractivity (Wildman–Crippen MR) is 144 cm³/mol. The van der Waals surface area contributed by atoms with E-state index < -0.39 is 34.5 Å². The molecule has 0 saturated carbocycles. The largest absolute Gasteiger partial charge is 0.482 e. The number of benzene rings is 3. The number of amides is 1. The number of para-hydroxylation sites is 1. The number of halogens is 1. The van der Waals surface area contributed by atoms with E-state index in [0.717, 1.165) is 12.0 Å². The third kappa shape index (κ3) is 6.15. The maximum atomic E-state index is 13.4. The first-order chi connectivity index (χ1) is 18.6. The summed E-state index contributed by atoms with van der Waals surface area (Å²) in [5.74, 6) is -1.93. The molecule has 0 atom stereocenters. The molecule has 0 saturated heterocycles. The minimum atomic E-state index is -3.87. The van der Waals surface area contributed by atoms with E-state index in [1.165, 1.54) is 54.9 Å². The fourth-order valence-corrected chi connectivity index (χ4v) is 6.01. The molecule has 0 aliphatic carbocycles. The molecule has 1 heterocycles. The Morgan fingerprint density at radius 2 is 1.62 bits per heavy atom. The molecular formula is C27H25ClN2O8S. The number of fused-ring (bicyclic) bond motifs is 1. The van der Waals surface area contributed by atoms with Crippen LogP contribution in [0.15, 0.2) is 65.6 Å². The maximum Gasteiger partial charge on any atom is 0.337 e. The van der Waals surface area contributed by atoms with Crippen molar-refractivity contribution in [2.45, 2.75) is 17.7 Å². The van der Waals surface area contributed by atoms with Gasteiger partial charge in [0, 0.05) is 12.2 Å². The third-order valence-electron chi connectivity index (χ3n) is 5.98. The number of sulfonamides is 1. The first kappa shape index (κ1) is 27.9. The minimum absolute atomic E-state index is 0.00373. The van der Waals surface area contributed by atoms with Crippen molar-refractivity contribution in [3.8, 4) is 5.75 Å². The van der Waals surface area contributed by atoms with Gasteiger partial charge in [-0.2, -0.15) is 0 Å². The summed E-state index contributed by atoms with van der Waals surface area (Å²) >= 11 is 6.32. The number of anilines is 2. The molecule has 10 nitrogen and oxygen atoms in total. The third-order valence-corrected chi connectivity index (χ3v) is 8.08. The molecule has 3 aromatic carbocycles. The molecule has 0 radical (unpaired) electrons. The molecule has 1 N–H and O–H groups in total. The average molecular weight is 573 g/mol. The minimum Gasteiger partial charge on any atom is -0.482 e. The van der Waals surface area contributed by atoms with Gasteiger partial charge < -0.3 is 19.5 Å². The van der Waals surface area contributed by atoms with Gasteiger partial charge in [-0.05, 0) is 60.9 Å². The Bertz CT molecular complexity index is 1510. The predicted octanol–water partition coefficient (Wildman–Crippen LogP) is 4.07. The summed E-state index contributed by atoms with van der Waals surface area (Å²) in [5, 5.41) is 2.54. The van der Waals surface area contributed by atoms with Gasteiger partial charge in [0.1, 0.15) is 5.75 Å². The van der Waals surface area contributed by atoms with Crippen molar-refractivity contribution >= 4 is 50.8 Å². The molecule has 3 aromatic rings. The SMILES string of the molecule is COC(=O)c1cc(NC(=O)COc2ccc(S(=O)(=O)N3CCCc4ccccc43)cc2Cl)cc(C(=O)OC)c1. The van der Waals surface area contributed by atoms with Crippen LogP contribution in [0.5, 0.6) is 5.75 Å². The van der Waals surface area contributed by atoms with Crippen LogP contribution in [-0.4, -0.2) is 53.6 Å². The Balaban J connectivity index is 1.46. The number of nitrogens with zero attached hydrogens (tertiary/aromatic N) is 1. The van der Waals surface area contributed by atoms with Gasteiger partial charge in [-0.15, -0.1) is 0 Å². The average Bonchev–Trinajstić information content (AvgIpc) is 2.94. The Kier molecular flexibility index (Phi) is 8.41. The molecule has 0 unspecified atom stereocenters. The van der Waals surface area contributed by atoms with E-state index in [9.17, 15) is 22.8 Å². The van der Waals surface area contributed by atoms with Crippen LogP contribution >= 0.6 is 11.6 Å². The summed E-state index contributed by atoms with van der Waals surface area (Å²) in [4.78, 5) is 36.4. The number of nitrogens with one attached hydrogen (secondary N) is 1. The number of aryl methyl sites for hydroxylation is 1. The van der Waals surface area contributed by atoms with Gasteiger partial charge >= 0.3 is 11.9 Å². The highest BCUT2D eigenvalue weighted by atomic mass is 35.5. The normalized spacial score (nSPS) is 12.7. The van der Waals surface area contributed by atoms with E-state index in [1.807, 2.05) is 12.1 Å². The van der Waals surface area contributed by atoms with E-state index >= 15 is 0 Å². The number of methoxy groups -OCH3 is 2. The lowest BCUT2D eigenvalue weighted by Crippen LogP contribution is -2.35. The van der Waals surface area contributed by atoms with E-state index in [0.29, 0.717) is 18.7 Å². The van der Waals surface area contributed by atoms with E-state index in [4.69, 9.17) is 16.3 Å². The van der Waals surface area contributed by atoms with Crippen molar-refractivity contribution < 1.29 is 37.0 Å². The van der Waals surface area contributed by atoms with Crippen molar-refractivity contribution in [1.29, 1.82) is 0 Å². The van der Waals surface area contributed by atoms with Crippen molar-refractivity contribution in [3.63, 3.8) is 0 Å². The maximum absolute atomic E-state index is 13.4. The lowest BCUT2D eigenvalue weighted by atomic mass is 10.0. The Hall–Kier alpha value is -4.09. The highest BCUT2D eigenvalue weighted by Gasteiger charge is 2.29. The monoisotopic (exact) mass is 572 g/mol. The summed E-state index contributed by atoms with van der Waals surface area (Å²) in [6.07, 6.45) is 1.50. The molecule has 204 valence electrons. The lowest BCUT2D eigenvalue weighted by molar-refractivity contribution is -0.118. The van der Waals surface area contributed by atoms with Gasteiger partial charge in [-0.25, -0.2) is 18.0 Å². The van der Waals surface area contributed by atoms with Crippen LogP contribution < -0.4 is 14.4 Å². The van der Waals surface area contributed by atoms with Gasteiger partial charge in [0.2, 0.25) is 0 Å². The molecular weight excluding hydrogens is 548 g/mol. The van der Waals surface area contributed by atoms with Gasteiger partial charge in [0.05, 0.1) is 41.0 Å². The fourth-order valence-electron chi connectivity index (χ4n) is 4.15. The molecule has 0 bridgehead atoms. The summed E-state index contributed by atoms with van der Waals surface area (Å²) in [6, 6.07) is 15.3. The van der Waals surface area contributed by atoms with Gasteiger partial charge in [-0.1, -0.05) is 29.8 Å². The van der Waals surface area contributed by atoms with Crippen LogP contribution in [0.1, 0.15) is 32.7 Å². The zero-order valence-corrected chi connectivity index (χ0v) is 22.7. The Morgan fingerprint density at radius 1 is 0.949 bits per heavy atom. The number of carbonyl (C=O) groups is 3. The fraction of sp³-hybridized carbons (Fsp3) is 0.222. The van der Waals surface area contributed by atoms with Crippen molar-refractivity contribution in [2.24, 2.45) is 0 Å². The van der Waals surface area contributed by atoms with Crippen LogP contribution in [0.2, 0.25) is 5.02 Å². The smallest absolute Gasteiger partial charge is 0.337 e. The molecule has 1 aliphatic heterocycles. The van der Waals surface area contributed by atoms with Crippen LogP contribution in [0, 0.1) is 0 Å². The number of ether oxygens (including phenoxy) is 3. The number of esters is 2. The van der Waals surface area contributed by atoms with Crippen LogP contribution in [0.4, 0.5) is 11.4 Å². The first-order valence-corrected chi connectivity index (χ1v) is 13.6. The molecule has 1 aliphatic rings. The quantitative estimate of drug-likeness (QED) is 0.400. The van der Waals surface area contributed by atoms with Crippen LogP contribution in [0.25, 0.3) is 0 Å². The van der Waals surface area contributed by atoms with E-state index in [-0.39, 0.29) is 32.5 Å². The summed E-state index contributed by atoms with van der Waals surface area (Å²) in [6.45, 7) is -0.133. The summed E-state index contributed by atoms with van der Waals surface area (Å²) in [7, 11) is -1.50. The topological polar surface area (TPSA) is 128 Å². The van der Waals surface area contributed by atoms with E-state index in [2.05, 4.69) is 14.8 Å². The van der Waals surface area contributed by atoms with Gasteiger partial charge in [-0.3, -0.25) is 9.10 Å². The number of hydrogen-bond donors (Lipinski definition) is 1. The molecule has 39 heavy (non-hydrogen) atoms. The molecule has 0 spiro atoms. The first-order valence-electron chi connectivity index (χ1n) is 11.8. The molecule has 0 aromatic heterocycles. The van der Waals surface area contributed by atoms with E-state index in [1.54, 1.807) is 12.1 Å². The van der Waals surface area contributed by atoms with Crippen molar-refractivity contribution in [2.75, 3.05) is 37.0 Å². The highest BCUT2D eigenvalue weighted by Crippen LogP contribution is 2.34. The number of hydrogen-bond acceptors (Lipinski definition) is 8. The van der Waals surface area contributed by atoms with Crippen molar-refractivity contribution in [1.82, 2.24) is 0 Å². The summed E-state index contributed by atoms with van der Waals surface area (Å²) < 4.78 is 43.0. The van der Waals surface area contributed by atoms with Crippen LogP contribution in [-0.2, 0) is 30.7 Å². The number of carbonyl (C=O) groups excluding carboxylic acids is 3. The second-order valence-electron chi connectivity index (χ2n) is 8.52. The molecule has 4 rings (SSSR count).